The van der Waals surface area contributed by atoms with Crippen molar-refractivity contribution in [1.29, 1.82) is 0 Å². The molecule has 4 nitrogen and oxygen atoms in total. The highest BCUT2D eigenvalue weighted by Gasteiger charge is 2.32. The van der Waals surface area contributed by atoms with Gasteiger partial charge in [-0.05, 0) is 48.4 Å². The lowest BCUT2D eigenvalue weighted by molar-refractivity contribution is -0.275. The SMILES string of the molecule is Cc1[nH]c(=O)c(-c2cccc(OC(F)(F)F)c2)cc1-c1cccc(OC(F)(F)F)c1. The number of halogens is 6. The number of aromatic nitrogens is 1. The van der Waals surface area contributed by atoms with Gasteiger partial charge in [-0.3, -0.25) is 4.79 Å². The maximum absolute atomic E-state index is 12.5. The average molecular weight is 429 g/mol. The Balaban J connectivity index is 2.05. The van der Waals surface area contributed by atoms with Crippen LogP contribution in [0.5, 0.6) is 11.5 Å². The summed E-state index contributed by atoms with van der Waals surface area (Å²) in [5, 5.41) is 0. The van der Waals surface area contributed by atoms with Gasteiger partial charge in [0, 0.05) is 16.8 Å². The quantitative estimate of drug-likeness (QED) is 0.532. The summed E-state index contributed by atoms with van der Waals surface area (Å²) in [6.45, 7) is 1.54. The zero-order valence-electron chi connectivity index (χ0n) is 15.2. The van der Waals surface area contributed by atoms with E-state index in [1.165, 1.54) is 30.3 Å². The Hall–Kier alpha value is -3.43. The fraction of sp³-hybridized carbons (Fsp3) is 0.150. The van der Waals surface area contributed by atoms with Gasteiger partial charge in [0.05, 0.1) is 0 Å². The van der Waals surface area contributed by atoms with E-state index in [0.29, 0.717) is 16.8 Å². The third kappa shape index (κ3) is 5.34. The molecule has 0 atom stereocenters. The summed E-state index contributed by atoms with van der Waals surface area (Å²) < 4.78 is 82.6. The molecule has 2 aromatic carbocycles. The molecule has 158 valence electrons. The Kier molecular flexibility index (Phi) is 5.51. The Bertz CT molecular complexity index is 1120. The van der Waals surface area contributed by atoms with Crippen LogP contribution in [0.1, 0.15) is 5.69 Å². The predicted octanol–water partition coefficient (Wildman–Crippen LogP) is 5.81. The summed E-state index contributed by atoms with van der Waals surface area (Å²) in [5.74, 6) is -0.963. The molecule has 0 radical (unpaired) electrons. The van der Waals surface area contributed by atoms with E-state index in [1.807, 2.05) is 0 Å². The van der Waals surface area contributed by atoms with Crippen molar-refractivity contribution in [2.45, 2.75) is 19.6 Å². The molecule has 3 rings (SSSR count). The fourth-order valence-corrected chi connectivity index (χ4v) is 2.86. The first-order valence-corrected chi connectivity index (χ1v) is 8.37. The number of nitrogens with one attached hydrogen (secondary N) is 1. The summed E-state index contributed by atoms with van der Waals surface area (Å²) >= 11 is 0. The molecule has 3 aromatic rings. The van der Waals surface area contributed by atoms with Crippen LogP contribution in [0.2, 0.25) is 0 Å². The van der Waals surface area contributed by atoms with Crippen LogP contribution in [0.3, 0.4) is 0 Å². The molecule has 1 aromatic heterocycles. The average Bonchev–Trinajstić information content (AvgIpc) is 2.59. The van der Waals surface area contributed by atoms with Crippen molar-refractivity contribution < 1.29 is 35.8 Å². The molecule has 0 bridgehead atoms. The van der Waals surface area contributed by atoms with E-state index in [9.17, 15) is 31.1 Å². The second-order valence-corrected chi connectivity index (χ2v) is 6.20. The molecular formula is C20H13F6NO3. The third-order valence-electron chi connectivity index (χ3n) is 4.00. The number of hydrogen-bond donors (Lipinski definition) is 1. The lowest BCUT2D eigenvalue weighted by atomic mass is 9.99. The molecule has 0 aliphatic rings. The van der Waals surface area contributed by atoms with Crippen LogP contribution in [-0.4, -0.2) is 17.7 Å². The molecule has 1 heterocycles. The summed E-state index contributed by atoms with van der Waals surface area (Å²) in [6.07, 6.45) is -9.77. The number of benzene rings is 2. The minimum absolute atomic E-state index is 0.0189. The Morgan fingerprint density at radius 3 is 1.67 bits per heavy atom. The van der Waals surface area contributed by atoms with Gasteiger partial charge in [0.2, 0.25) is 0 Å². The first-order chi connectivity index (χ1) is 13.9. The number of alkyl halides is 6. The van der Waals surface area contributed by atoms with Gasteiger partial charge in [0.25, 0.3) is 5.56 Å². The van der Waals surface area contributed by atoms with Gasteiger partial charge < -0.3 is 14.5 Å². The highest BCUT2D eigenvalue weighted by Crippen LogP contribution is 2.32. The maximum Gasteiger partial charge on any atom is 0.573 e. The molecule has 0 saturated heterocycles. The first kappa shape index (κ1) is 21.3. The van der Waals surface area contributed by atoms with Crippen LogP contribution in [-0.2, 0) is 0 Å². The predicted molar refractivity (Wildman–Crippen MR) is 96.0 cm³/mol. The van der Waals surface area contributed by atoms with E-state index >= 15 is 0 Å². The third-order valence-corrected chi connectivity index (χ3v) is 4.00. The van der Waals surface area contributed by atoms with E-state index in [-0.39, 0.29) is 11.1 Å². The lowest BCUT2D eigenvalue weighted by Gasteiger charge is -2.13. The highest BCUT2D eigenvalue weighted by atomic mass is 19.4. The Morgan fingerprint density at radius 1 is 0.733 bits per heavy atom. The van der Waals surface area contributed by atoms with E-state index in [0.717, 1.165) is 24.3 Å². The van der Waals surface area contributed by atoms with Crippen LogP contribution in [0.4, 0.5) is 26.3 Å². The molecule has 0 fully saturated rings. The van der Waals surface area contributed by atoms with Crippen LogP contribution < -0.4 is 15.0 Å². The Labute approximate surface area is 165 Å². The van der Waals surface area contributed by atoms with E-state index in [4.69, 9.17) is 0 Å². The molecule has 30 heavy (non-hydrogen) atoms. The highest BCUT2D eigenvalue weighted by molar-refractivity contribution is 5.74. The van der Waals surface area contributed by atoms with Gasteiger partial charge in [-0.25, -0.2) is 0 Å². The second-order valence-electron chi connectivity index (χ2n) is 6.20. The van der Waals surface area contributed by atoms with Crippen molar-refractivity contribution in [2.75, 3.05) is 0 Å². The van der Waals surface area contributed by atoms with Crippen LogP contribution in [0, 0.1) is 6.92 Å². The standard InChI is InChI=1S/C20H13F6NO3/c1-11-16(12-4-2-6-14(8-12)29-19(21,22)23)10-17(18(28)27-11)13-5-3-7-15(9-13)30-20(24,25)26/h2-10H,1H3,(H,27,28). The minimum atomic E-state index is -4.90. The zero-order valence-corrected chi connectivity index (χ0v) is 15.2. The van der Waals surface area contributed by atoms with Crippen molar-refractivity contribution in [3.05, 3.63) is 70.6 Å². The van der Waals surface area contributed by atoms with Crippen LogP contribution in [0.25, 0.3) is 22.3 Å². The van der Waals surface area contributed by atoms with Crippen LogP contribution >= 0.6 is 0 Å². The topological polar surface area (TPSA) is 51.3 Å². The molecule has 0 saturated carbocycles. The molecule has 1 N–H and O–H groups in total. The summed E-state index contributed by atoms with van der Waals surface area (Å²) in [7, 11) is 0. The number of aryl methyl sites for hydroxylation is 1. The molecule has 0 aliphatic heterocycles. The normalized spacial score (nSPS) is 12.0. The van der Waals surface area contributed by atoms with Crippen LogP contribution in [0.15, 0.2) is 59.4 Å². The summed E-state index contributed by atoms with van der Waals surface area (Å²) in [6, 6.07) is 11.3. The van der Waals surface area contributed by atoms with Gasteiger partial charge in [-0.2, -0.15) is 0 Å². The number of H-pyrrole nitrogens is 1. The first-order valence-electron chi connectivity index (χ1n) is 8.37. The number of ether oxygens (including phenoxy) is 2. The maximum atomic E-state index is 12.5. The number of aromatic amines is 1. The minimum Gasteiger partial charge on any atom is -0.406 e. The smallest absolute Gasteiger partial charge is 0.406 e. The van der Waals surface area contributed by atoms with Crippen molar-refractivity contribution in [2.24, 2.45) is 0 Å². The van der Waals surface area contributed by atoms with Gasteiger partial charge in [0.15, 0.2) is 0 Å². The van der Waals surface area contributed by atoms with Gasteiger partial charge >= 0.3 is 12.7 Å². The fourth-order valence-electron chi connectivity index (χ4n) is 2.86. The largest absolute Gasteiger partial charge is 0.573 e. The van der Waals surface area contributed by atoms with E-state index in [1.54, 1.807) is 6.92 Å². The van der Waals surface area contributed by atoms with E-state index in [2.05, 4.69) is 14.5 Å². The number of hydrogen-bond acceptors (Lipinski definition) is 3. The monoisotopic (exact) mass is 429 g/mol. The molecule has 0 unspecified atom stereocenters. The van der Waals surface area contributed by atoms with Gasteiger partial charge in [-0.15, -0.1) is 26.3 Å². The Morgan fingerprint density at radius 2 is 1.20 bits per heavy atom. The summed E-state index contributed by atoms with van der Waals surface area (Å²) in [5.41, 5.74) is 0.625. The molecular weight excluding hydrogens is 416 g/mol. The molecule has 0 amide bonds. The molecule has 0 spiro atoms. The second kappa shape index (κ2) is 7.77. The van der Waals surface area contributed by atoms with Crippen molar-refractivity contribution in [1.82, 2.24) is 4.98 Å². The zero-order chi connectivity index (χ0) is 22.1. The van der Waals surface area contributed by atoms with Crippen molar-refractivity contribution in [3.8, 4) is 33.8 Å². The number of pyridine rings is 1. The lowest BCUT2D eigenvalue weighted by Crippen LogP contribution is -2.17. The van der Waals surface area contributed by atoms with Crippen molar-refractivity contribution >= 4 is 0 Å². The van der Waals surface area contributed by atoms with Gasteiger partial charge in [-0.1, -0.05) is 24.3 Å². The van der Waals surface area contributed by atoms with Gasteiger partial charge in [0.1, 0.15) is 11.5 Å². The molecule has 10 heteroatoms. The van der Waals surface area contributed by atoms with Crippen molar-refractivity contribution in [3.63, 3.8) is 0 Å². The summed E-state index contributed by atoms with van der Waals surface area (Å²) in [4.78, 5) is 14.9. The van der Waals surface area contributed by atoms with E-state index < -0.39 is 29.8 Å². The number of rotatable bonds is 4. The molecule has 0 aliphatic carbocycles.